The van der Waals surface area contributed by atoms with Gasteiger partial charge in [-0.2, -0.15) is 0 Å². The lowest BCUT2D eigenvalue weighted by Gasteiger charge is -2.37. The molecule has 1 amide bonds. The van der Waals surface area contributed by atoms with Crippen LogP contribution in [0.5, 0.6) is 0 Å². The smallest absolute Gasteiger partial charge is 0.244 e. The third-order valence-electron chi connectivity index (χ3n) is 3.47. The van der Waals surface area contributed by atoms with Gasteiger partial charge in [-0.15, -0.1) is 0 Å². The number of hydrogen-bond acceptors (Lipinski definition) is 5. The fraction of sp³-hybridized carbons (Fsp3) is 0.500. The lowest BCUT2D eigenvalue weighted by atomic mass is 10.1. The molecule has 7 heteroatoms. The van der Waals surface area contributed by atoms with Crippen molar-refractivity contribution >= 4 is 21.4 Å². The van der Waals surface area contributed by atoms with Gasteiger partial charge in [0.15, 0.2) is 9.84 Å². The molecule has 21 heavy (non-hydrogen) atoms. The standard InChI is InChI=1S/C14H21N3O3S/c1-3-16-14(18)12-10-15-8-9-17(12)11-6-4-5-7-13(11)21(2,19)20/h4-7,12,15H,3,8-10H2,1-2H3,(H,16,18). The minimum atomic E-state index is -3.34. The summed E-state index contributed by atoms with van der Waals surface area (Å²) in [7, 11) is -3.34. The summed E-state index contributed by atoms with van der Waals surface area (Å²) in [6.45, 7) is 4.23. The van der Waals surface area contributed by atoms with E-state index in [1.165, 1.54) is 6.26 Å². The van der Waals surface area contributed by atoms with Gasteiger partial charge < -0.3 is 15.5 Å². The number of amides is 1. The molecule has 1 aliphatic heterocycles. The van der Waals surface area contributed by atoms with Crippen LogP contribution in [0.2, 0.25) is 0 Å². The number of likely N-dealkylation sites (N-methyl/N-ethyl adjacent to an activating group) is 1. The fourth-order valence-corrected chi connectivity index (χ4v) is 3.42. The highest BCUT2D eigenvalue weighted by molar-refractivity contribution is 7.90. The minimum Gasteiger partial charge on any atom is -0.356 e. The Morgan fingerprint density at radius 3 is 2.81 bits per heavy atom. The van der Waals surface area contributed by atoms with Crippen LogP contribution < -0.4 is 15.5 Å². The Labute approximate surface area is 125 Å². The second kappa shape index (κ2) is 6.44. The molecular formula is C14H21N3O3S. The molecule has 0 radical (unpaired) electrons. The fourth-order valence-electron chi connectivity index (χ4n) is 2.53. The van der Waals surface area contributed by atoms with E-state index in [1.54, 1.807) is 24.3 Å². The highest BCUT2D eigenvalue weighted by Gasteiger charge is 2.31. The summed E-state index contributed by atoms with van der Waals surface area (Å²) >= 11 is 0. The van der Waals surface area contributed by atoms with Gasteiger partial charge in [0.1, 0.15) is 6.04 Å². The molecule has 0 saturated carbocycles. The van der Waals surface area contributed by atoms with Crippen molar-refractivity contribution in [3.05, 3.63) is 24.3 Å². The molecule has 1 aliphatic rings. The first-order valence-corrected chi connectivity index (χ1v) is 8.88. The van der Waals surface area contributed by atoms with Gasteiger partial charge in [0.05, 0.1) is 10.6 Å². The molecule has 0 spiro atoms. The van der Waals surface area contributed by atoms with Gasteiger partial charge in [0.25, 0.3) is 0 Å². The molecule has 1 fully saturated rings. The van der Waals surface area contributed by atoms with Crippen LogP contribution >= 0.6 is 0 Å². The van der Waals surface area contributed by atoms with E-state index < -0.39 is 15.9 Å². The van der Waals surface area contributed by atoms with Crippen molar-refractivity contribution < 1.29 is 13.2 Å². The Balaban J connectivity index is 2.41. The van der Waals surface area contributed by atoms with Crippen molar-refractivity contribution in [2.45, 2.75) is 17.9 Å². The molecule has 0 aliphatic carbocycles. The van der Waals surface area contributed by atoms with Crippen molar-refractivity contribution in [3.8, 4) is 0 Å². The van der Waals surface area contributed by atoms with Crippen molar-refractivity contribution in [2.75, 3.05) is 37.3 Å². The van der Waals surface area contributed by atoms with Crippen LogP contribution in [-0.4, -0.2) is 52.8 Å². The van der Waals surface area contributed by atoms with Crippen LogP contribution in [0, 0.1) is 0 Å². The van der Waals surface area contributed by atoms with E-state index in [0.717, 1.165) is 0 Å². The number of anilines is 1. The first-order chi connectivity index (χ1) is 9.95. The highest BCUT2D eigenvalue weighted by atomic mass is 32.2. The third-order valence-corrected chi connectivity index (χ3v) is 4.62. The predicted octanol–water partition coefficient (Wildman–Crippen LogP) is 0.00440. The van der Waals surface area contributed by atoms with Crippen molar-refractivity contribution in [3.63, 3.8) is 0 Å². The van der Waals surface area contributed by atoms with Crippen molar-refractivity contribution in [1.82, 2.24) is 10.6 Å². The maximum absolute atomic E-state index is 12.2. The SMILES string of the molecule is CCNC(=O)C1CNCCN1c1ccccc1S(C)(=O)=O. The maximum Gasteiger partial charge on any atom is 0.244 e. The number of nitrogens with zero attached hydrogens (tertiary/aromatic N) is 1. The molecule has 0 bridgehead atoms. The molecule has 2 N–H and O–H groups in total. The van der Waals surface area contributed by atoms with E-state index in [-0.39, 0.29) is 10.8 Å². The largest absolute Gasteiger partial charge is 0.356 e. The number of rotatable bonds is 4. The molecule has 0 aromatic heterocycles. The molecule has 1 heterocycles. The van der Waals surface area contributed by atoms with E-state index in [4.69, 9.17) is 0 Å². The normalized spacial score (nSPS) is 19.3. The van der Waals surface area contributed by atoms with Gasteiger partial charge >= 0.3 is 0 Å². The molecule has 116 valence electrons. The van der Waals surface area contributed by atoms with Gasteiger partial charge in [0, 0.05) is 32.4 Å². The highest BCUT2D eigenvalue weighted by Crippen LogP contribution is 2.27. The Kier molecular flexibility index (Phi) is 4.84. The van der Waals surface area contributed by atoms with E-state index in [0.29, 0.717) is 31.9 Å². The quantitative estimate of drug-likeness (QED) is 0.819. The average molecular weight is 311 g/mol. The van der Waals surface area contributed by atoms with Crippen LogP contribution in [0.4, 0.5) is 5.69 Å². The molecule has 2 rings (SSSR count). The summed E-state index contributed by atoms with van der Waals surface area (Å²) in [5.74, 6) is -0.0898. The molecule has 1 unspecified atom stereocenters. The van der Waals surface area contributed by atoms with E-state index in [1.807, 2.05) is 11.8 Å². The summed E-state index contributed by atoms with van der Waals surface area (Å²) in [6.07, 6.45) is 1.19. The molecule has 1 atom stereocenters. The molecule has 6 nitrogen and oxygen atoms in total. The average Bonchev–Trinajstić information content (AvgIpc) is 2.46. The number of sulfone groups is 1. The monoisotopic (exact) mass is 311 g/mol. The zero-order valence-electron chi connectivity index (χ0n) is 12.3. The zero-order chi connectivity index (χ0) is 15.5. The van der Waals surface area contributed by atoms with Gasteiger partial charge in [-0.3, -0.25) is 4.79 Å². The van der Waals surface area contributed by atoms with Gasteiger partial charge in [0.2, 0.25) is 5.91 Å². The molecule has 1 aromatic carbocycles. The molecule has 1 aromatic rings. The van der Waals surface area contributed by atoms with E-state index in [2.05, 4.69) is 10.6 Å². The van der Waals surface area contributed by atoms with Crippen LogP contribution in [0.1, 0.15) is 6.92 Å². The zero-order valence-corrected chi connectivity index (χ0v) is 13.1. The molecule has 1 saturated heterocycles. The number of piperazine rings is 1. The summed E-state index contributed by atoms with van der Waals surface area (Å²) < 4.78 is 23.9. The van der Waals surface area contributed by atoms with Gasteiger partial charge in [-0.25, -0.2) is 8.42 Å². The second-order valence-corrected chi connectivity index (χ2v) is 7.03. The number of nitrogens with one attached hydrogen (secondary N) is 2. The van der Waals surface area contributed by atoms with Crippen LogP contribution in [-0.2, 0) is 14.6 Å². The first kappa shape index (κ1) is 15.8. The Morgan fingerprint density at radius 1 is 1.43 bits per heavy atom. The predicted molar refractivity (Wildman–Crippen MR) is 82.2 cm³/mol. The minimum absolute atomic E-state index is 0.0898. The Bertz CT molecular complexity index is 616. The molecular weight excluding hydrogens is 290 g/mol. The number of carbonyl (C=O) groups excluding carboxylic acids is 1. The lowest BCUT2D eigenvalue weighted by molar-refractivity contribution is -0.122. The number of benzene rings is 1. The van der Waals surface area contributed by atoms with E-state index in [9.17, 15) is 13.2 Å². The summed E-state index contributed by atoms with van der Waals surface area (Å²) in [4.78, 5) is 14.3. The number of para-hydroxylation sites is 1. The summed E-state index contributed by atoms with van der Waals surface area (Å²) in [5.41, 5.74) is 0.595. The first-order valence-electron chi connectivity index (χ1n) is 6.99. The van der Waals surface area contributed by atoms with Crippen molar-refractivity contribution in [1.29, 1.82) is 0 Å². The van der Waals surface area contributed by atoms with E-state index >= 15 is 0 Å². The van der Waals surface area contributed by atoms with Crippen LogP contribution in [0.25, 0.3) is 0 Å². The van der Waals surface area contributed by atoms with Crippen LogP contribution in [0.3, 0.4) is 0 Å². The number of carbonyl (C=O) groups is 1. The second-order valence-electron chi connectivity index (χ2n) is 5.05. The Hall–Kier alpha value is -1.60. The summed E-state index contributed by atoms with van der Waals surface area (Å²) in [5, 5.41) is 5.98. The third kappa shape index (κ3) is 3.54. The van der Waals surface area contributed by atoms with Gasteiger partial charge in [-0.1, -0.05) is 12.1 Å². The number of hydrogen-bond donors (Lipinski definition) is 2. The van der Waals surface area contributed by atoms with Gasteiger partial charge in [-0.05, 0) is 19.1 Å². The summed E-state index contributed by atoms with van der Waals surface area (Å²) in [6, 6.07) is 6.43. The van der Waals surface area contributed by atoms with Crippen LogP contribution in [0.15, 0.2) is 29.2 Å². The van der Waals surface area contributed by atoms with Crippen molar-refractivity contribution in [2.24, 2.45) is 0 Å². The lowest BCUT2D eigenvalue weighted by Crippen LogP contribution is -2.58. The maximum atomic E-state index is 12.2. The Morgan fingerprint density at radius 2 is 2.14 bits per heavy atom. The topological polar surface area (TPSA) is 78.5 Å².